The van der Waals surface area contributed by atoms with Crippen LogP contribution in [-0.4, -0.2) is 42.5 Å². The zero-order valence-electron chi connectivity index (χ0n) is 18.2. The van der Waals surface area contributed by atoms with Crippen molar-refractivity contribution in [1.29, 1.82) is 0 Å². The molecule has 164 valence electrons. The number of amidine groups is 1. The van der Waals surface area contributed by atoms with Gasteiger partial charge in [0.05, 0.1) is 24.8 Å². The summed E-state index contributed by atoms with van der Waals surface area (Å²) < 4.78 is 12.1. The van der Waals surface area contributed by atoms with Crippen LogP contribution >= 0.6 is 11.9 Å². The van der Waals surface area contributed by atoms with Crippen LogP contribution in [0.3, 0.4) is 0 Å². The second-order valence-electron chi connectivity index (χ2n) is 7.83. The number of hydrogen-bond donors (Lipinski definition) is 1. The molecule has 0 saturated carbocycles. The number of pyridine rings is 1. The van der Waals surface area contributed by atoms with Gasteiger partial charge in [-0.05, 0) is 49.4 Å². The second kappa shape index (κ2) is 8.27. The van der Waals surface area contributed by atoms with E-state index in [0.29, 0.717) is 18.1 Å². The second-order valence-corrected chi connectivity index (χ2v) is 8.56. The van der Waals surface area contributed by atoms with Gasteiger partial charge in [0.2, 0.25) is 0 Å². The van der Waals surface area contributed by atoms with Crippen LogP contribution in [0.2, 0.25) is 0 Å². The highest BCUT2D eigenvalue weighted by molar-refractivity contribution is 7.97. The molecule has 0 radical (unpaired) electrons. The number of ether oxygens (including phenoxy) is 1. The lowest BCUT2D eigenvalue weighted by molar-refractivity contribution is 0.406. The Labute approximate surface area is 190 Å². The molecular formula is C22H24N8OS. The molecule has 32 heavy (non-hydrogen) atoms. The van der Waals surface area contributed by atoms with Crippen molar-refractivity contribution in [1.82, 2.24) is 29.5 Å². The molecule has 2 N–H and O–H groups in total. The third-order valence-electron chi connectivity index (χ3n) is 5.79. The molecule has 2 aromatic rings. The number of imidazole rings is 1. The number of aromatic nitrogens is 6. The smallest absolute Gasteiger partial charge is 0.160 e. The highest BCUT2D eigenvalue weighted by atomic mass is 32.2. The summed E-state index contributed by atoms with van der Waals surface area (Å²) in [7, 11) is 1.67. The van der Waals surface area contributed by atoms with E-state index in [-0.39, 0.29) is 0 Å². The molecule has 2 aliphatic heterocycles. The van der Waals surface area contributed by atoms with E-state index in [4.69, 9.17) is 20.7 Å². The summed E-state index contributed by atoms with van der Waals surface area (Å²) in [6.45, 7) is 5.25. The number of aryl methyl sites for hydroxylation is 3. The van der Waals surface area contributed by atoms with Gasteiger partial charge in [-0.1, -0.05) is 0 Å². The molecule has 0 spiro atoms. The molecule has 2 aromatic heterocycles. The largest absolute Gasteiger partial charge is 0.496 e. The van der Waals surface area contributed by atoms with Crippen molar-refractivity contribution in [2.75, 3.05) is 7.11 Å². The molecule has 4 heterocycles. The van der Waals surface area contributed by atoms with Gasteiger partial charge in [0.1, 0.15) is 18.0 Å². The van der Waals surface area contributed by atoms with Gasteiger partial charge >= 0.3 is 0 Å². The first-order valence-electron chi connectivity index (χ1n) is 10.4. The van der Waals surface area contributed by atoms with E-state index in [1.807, 2.05) is 32.6 Å². The Balaban J connectivity index is 1.55. The van der Waals surface area contributed by atoms with Crippen LogP contribution in [0.15, 0.2) is 35.4 Å². The summed E-state index contributed by atoms with van der Waals surface area (Å²) >= 11 is 1.45. The maximum atomic E-state index is 6.30. The fourth-order valence-corrected chi connectivity index (χ4v) is 4.92. The van der Waals surface area contributed by atoms with E-state index < -0.39 is 0 Å². The van der Waals surface area contributed by atoms with Crippen molar-refractivity contribution in [3.63, 3.8) is 0 Å². The van der Waals surface area contributed by atoms with Crippen molar-refractivity contribution >= 4 is 17.8 Å². The predicted molar refractivity (Wildman–Crippen MR) is 124 cm³/mol. The highest BCUT2D eigenvalue weighted by Gasteiger charge is 2.27. The van der Waals surface area contributed by atoms with E-state index in [0.717, 1.165) is 52.5 Å². The van der Waals surface area contributed by atoms with Gasteiger partial charge < -0.3 is 15.0 Å². The molecule has 0 amide bonds. The van der Waals surface area contributed by atoms with E-state index in [2.05, 4.69) is 25.0 Å². The fourth-order valence-electron chi connectivity index (χ4n) is 4.18. The average Bonchev–Trinajstić information content (AvgIpc) is 3.38. The van der Waals surface area contributed by atoms with Gasteiger partial charge in [0.15, 0.2) is 5.84 Å². The maximum Gasteiger partial charge on any atom is 0.160 e. The predicted octanol–water partition coefficient (Wildman–Crippen LogP) is 2.76. The first-order valence-corrected chi connectivity index (χ1v) is 11.3. The molecule has 9 nitrogen and oxygen atoms in total. The lowest BCUT2D eigenvalue weighted by Gasteiger charge is -2.15. The van der Waals surface area contributed by atoms with Crippen molar-refractivity contribution < 1.29 is 4.74 Å². The van der Waals surface area contributed by atoms with E-state index in [1.165, 1.54) is 23.1 Å². The quantitative estimate of drug-likeness (QED) is 0.452. The van der Waals surface area contributed by atoms with Crippen LogP contribution in [0.1, 0.15) is 33.6 Å². The molecule has 0 atom stereocenters. The zero-order chi connectivity index (χ0) is 22.2. The minimum absolute atomic E-state index is 0.413. The summed E-state index contributed by atoms with van der Waals surface area (Å²) in [5, 5.41) is 9.57. The third-order valence-corrected chi connectivity index (χ3v) is 6.53. The van der Waals surface area contributed by atoms with Crippen molar-refractivity contribution in [2.24, 2.45) is 10.1 Å². The Bertz CT molecular complexity index is 1280. The lowest BCUT2D eigenvalue weighted by atomic mass is 10.1. The molecule has 0 unspecified atom stereocenters. The number of nitrogens with two attached hydrogens (primary N) is 1. The molecule has 0 aromatic carbocycles. The molecule has 1 aliphatic carbocycles. The summed E-state index contributed by atoms with van der Waals surface area (Å²) in [6.07, 6.45) is 8.29. The van der Waals surface area contributed by atoms with Gasteiger partial charge in [-0.25, -0.2) is 4.98 Å². The standard InChI is InChI=1S/C22H24N8OS/c1-13-9-25-18(14(2)21(13)31-3)10-30-26-17-8-15(4-6-29-7-5-24-12-29)16-11-32-28-22(23)20(27-30)19(16)17/h5,7-9,12H,4,6,10-11H2,1-3H3,(H2,23,28). The van der Waals surface area contributed by atoms with Gasteiger partial charge in [0.25, 0.3) is 0 Å². The Morgan fingerprint density at radius 1 is 1.25 bits per heavy atom. The number of methoxy groups -OCH3 is 1. The third kappa shape index (κ3) is 3.60. The Kier molecular flexibility index (Phi) is 5.30. The Morgan fingerprint density at radius 3 is 2.91 bits per heavy atom. The summed E-state index contributed by atoms with van der Waals surface area (Å²) in [4.78, 5) is 10.4. The SMILES string of the molecule is COc1c(C)cnc(Cn2nc3cc(CCn4ccnc4)c4c-3c(n2)C(N)=NSC4)c1C. The fraction of sp³-hybridized carbons (Fsp3) is 0.318. The number of rotatable bonds is 6. The first kappa shape index (κ1) is 20.5. The monoisotopic (exact) mass is 448 g/mol. The van der Waals surface area contributed by atoms with Crippen molar-refractivity contribution in [2.45, 2.75) is 39.1 Å². The minimum atomic E-state index is 0.413. The molecule has 3 aliphatic rings. The van der Waals surface area contributed by atoms with Crippen LogP contribution in [0, 0.1) is 13.8 Å². The van der Waals surface area contributed by atoms with Crippen molar-refractivity contribution in [3.05, 3.63) is 64.6 Å². The lowest BCUT2D eigenvalue weighted by Crippen LogP contribution is -2.22. The zero-order valence-corrected chi connectivity index (χ0v) is 19.1. The van der Waals surface area contributed by atoms with Crippen LogP contribution in [0.25, 0.3) is 11.3 Å². The first-order chi connectivity index (χ1) is 15.5. The Hall–Kier alpha value is -3.40. The molecule has 5 rings (SSSR count). The molecule has 0 saturated heterocycles. The van der Waals surface area contributed by atoms with Gasteiger partial charge in [-0.15, -0.1) is 0 Å². The van der Waals surface area contributed by atoms with Crippen LogP contribution in [0.5, 0.6) is 5.75 Å². The maximum absolute atomic E-state index is 6.30. The van der Waals surface area contributed by atoms with Gasteiger partial charge in [-0.2, -0.15) is 19.4 Å². The molecule has 0 bridgehead atoms. The Morgan fingerprint density at radius 2 is 2.12 bits per heavy atom. The summed E-state index contributed by atoms with van der Waals surface area (Å²) in [5.41, 5.74) is 14.1. The van der Waals surface area contributed by atoms with Crippen LogP contribution < -0.4 is 10.5 Å². The van der Waals surface area contributed by atoms with Crippen LogP contribution in [0.4, 0.5) is 0 Å². The molecule has 0 fully saturated rings. The summed E-state index contributed by atoms with van der Waals surface area (Å²) in [5.74, 6) is 2.01. The number of hydrogen-bond acceptors (Lipinski definition) is 8. The minimum Gasteiger partial charge on any atom is -0.496 e. The van der Waals surface area contributed by atoms with Crippen molar-refractivity contribution in [3.8, 4) is 17.0 Å². The van der Waals surface area contributed by atoms with Gasteiger partial charge in [-0.3, -0.25) is 4.98 Å². The highest BCUT2D eigenvalue weighted by Crippen LogP contribution is 2.38. The van der Waals surface area contributed by atoms with E-state index in [9.17, 15) is 0 Å². The van der Waals surface area contributed by atoms with Crippen LogP contribution in [-0.2, 0) is 25.3 Å². The topological polar surface area (TPSA) is 109 Å². The normalized spacial score (nSPS) is 13.3. The van der Waals surface area contributed by atoms with Gasteiger partial charge in [0, 0.05) is 47.6 Å². The summed E-state index contributed by atoms with van der Waals surface area (Å²) in [6, 6.07) is 2.15. The molecule has 10 heteroatoms. The average molecular weight is 449 g/mol. The van der Waals surface area contributed by atoms with E-state index in [1.54, 1.807) is 18.1 Å². The van der Waals surface area contributed by atoms with E-state index >= 15 is 0 Å². The molecular weight excluding hydrogens is 424 g/mol. The number of nitrogens with zero attached hydrogens (tertiary/aromatic N) is 7.